The zero-order chi connectivity index (χ0) is 22.9. The van der Waals surface area contributed by atoms with E-state index < -0.39 is 0 Å². The molecule has 8 heteroatoms. The van der Waals surface area contributed by atoms with Crippen molar-refractivity contribution in [1.29, 1.82) is 0 Å². The van der Waals surface area contributed by atoms with Gasteiger partial charge in [0.15, 0.2) is 0 Å². The molecule has 3 heterocycles. The number of carbonyl (C=O) groups is 2. The Morgan fingerprint density at radius 1 is 1.18 bits per heavy atom. The molecule has 2 aliphatic rings. The third-order valence-corrected chi connectivity index (χ3v) is 8.52. The second-order valence-corrected chi connectivity index (χ2v) is 10.9. The Balaban J connectivity index is 1.34. The SMILES string of the molecule is Cc1cc(OCC2c3ccsc3CCN2C(=O)CN(C(=O)c2cccs2)C2CC2)ccc1Cl. The van der Waals surface area contributed by atoms with Gasteiger partial charge in [0.2, 0.25) is 5.91 Å². The first-order valence-corrected chi connectivity index (χ1v) is 13.2. The van der Waals surface area contributed by atoms with Gasteiger partial charge >= 0.3 is 0 Å². The van der Waals surface area contributed by atoms with Crippen molar-refractivity contribution in [2.45, 2.75) is 38.3 Å². The molecule has 0 spiro atoms. The quantitative estimate of drug-likeness (QED) is 0.425. The van der Waals surface area contributed by atoms with Gasteiger partial charge in [-0.3, -0.25) is 9.59 Å². The summed E-state index contributed by atoms with van der Waals surface area (Å²) in [6.07, 6.45) is 2.75. The molecular weight excluding hydrogens is 476 g/mol. The lowest BCUT2D eigenvalue weighted by atomic mass is 10.0. The normalized spacial score (nSPS) is 17.5. The molecule has 0 saturated heterocycles. The number of nitrogens with zero attached hydrogens (tertiary/aromatic N) is 2. The van der Waals surface area contributed by atoms with Crippen molar-refractivity contribution in [3.8, 4) is 5.75 Å². The second kappa shape index (κ2) is 9.49. The number of aryl methyl sites for hydroxylation is 1. The largest absolute Gasteiger partial charge is 0.491 e. The van der Waals surface area contributed by atoms with Crippen LogP contribution in [0.5, 0.6) is 5.75 Å². The summed E-state index contributed by atoms with van der Waals surface area (Å²) in [5.41, 5.74) is 2.10. The average Bonchev–Trinajstić information content (AvgIpc) is 3.29. The van der Waals surface area contributed by atoms with Gasteiger partial charge in [-0.2, -0.15) is 0 Å². The van der Waals surface area contributed by atoms with Gasteiger partial charge in [0.1, 0.15) is 18.9 Å². The van der Waals surface area contributed by atoms with Crippen LogP contribution in [-0.4, -0.2) is 47.4 Å². The highest BCUT2D eigenvalue weighted by Gasteiger charge is 2.38. The van der Waals surface area contributed by atoms with Crippen LogP contribution in [0.15, 0.2) is 47.2 Å². The summed E-state index contributed by atoms with van der Waals surface area (Å²) >= 11 is 9.30. The highest BCUT2D eigenvalue weighted by molar-refractivity contribution is 7.12. The molecule has 5 rings (SSSR count). The summed E-state index contributed by atoms with van der Waals surface area (Å²) in [5, 5.41) is 4.68. The number of hydrogen-bond acceptors (Lipinski definition) is 5. The Hall–Kier alpha value is -2.35. The summed E-state index contributed by atoms with van der Waals surface area (Å²) in [7, 11) is 0. The lowest BCUT2D eigenvalue weighted by Crippen LogP contribution is -2.48. The Kier molecular flexibility index (Phi) is 6.45. The van der Waals surface area contributed by atoms with Crippen molar-refractivity contribution in [1.82, 2.24) is 9.80 Å². The fraction of sp³-hybridized carbons (Fsp3) is 0.360. The van der Waals surface area contributed by atoms with E-state index in [1.807, 2.05) is 47.5 Å². The molecule has 1 aromatic carbocycles. The van der Waals surface area contributed by atoms with Crippen molar-refractivity contribution in [2.75, 3.05) is 19.7 Å². The standard InChI is InChI=1S/C25H25ClN2O3S2/c1-16-13-18(6-7-20(16)26)31-15-21-19-9-12-33-22(19)8-10-27(21)24(29)14-28(17-4-5-17)25(30)23-3-2-11-32-23/h2-3,6-7,9,11-13,17,21H,4-5,8,10,14-15H2,1H3. The third kappa shape index (κ3) is 4.81. The third-order valence-electron chi connectivity index (χ3n) is 6.24. The lowest BCUT2D eigenvalue weighted by molar-refractivity contribution is -0.135. The molecule has 5 nitrogen and oxygen atoms in total. The van der Waals surface area contributed by atoms with Gasteiger partial charge in [0.05, 0.1) is 10.9 Å². The summed E-state index contributed by atoms with van der Waals surface area (Å²) in [4.78, 5) is 32.2. The number of fused-ring (bicyclic) bond motifs is 1. The average molecular weight is 501 g/mol. The van der Waals surface area contributed by atoms with Crippen molar-refractivity contribution in [3.05, 3.63) is 73.1 Å². The van der Waals surface area contributed by atoms with Gasteiger partial charge in [-0.05, 0) is 78.4 Å². The van der Waals surface area contributed by atoms with E-state index in [1.165, 1.54) is 16.2 Å². The van der Waals surface area contributed by atoms with Crippen LogP contribution < -0.4 is 4.74 Å². The van der Waals surface area contributed by atoms with Crippen molar-refractivity contribution in [3.63, 3.8) is 0 Å². The van der Waals surface area contributed by atoms with Gasteiger partial charge in [-0.15, -0.1) is 22.7 Å². The first-order valence-electron chi connectivity index (χ1n) is 11.1. The van der Waals surface area contributed by atoms with Crippen LogP contribution in [0, 0.1) is 6.92 Å². The van der Waals surface area contributed by atoms with E-state index in [0.717, 1.165) is 36.1 Å². The predicted molar refractivity (Wildman–Crippen MR) is 133 cm³/mol. The molecule has 172 valence electrons. The number of amides is 2. The topological polar surface area (TPSA) is 49.9 Å². The fourth-order valence-electron chi connectivity index (χ4n) is 4.29. The maximum absolute atomic E-state index is 13.5. The Morgan fingerprint density at radius 3 is 2.76 bits per heavy atom. The molecule has 2 amide bonds. The summed E-state index contributed by atoms with van der Waals surface area (Å²) < 4.78 is 6.13. The molecule has 33 heavy (non-hydrogen) atoms. The minimum Gasteiger partial charge on any atom is -0.491 e. The Morgan fingerprint density at radius 2 is 2.03 bits per heavy atom. The number of hydrogen-bond donors (Lipinski definition) is 0. The number of carbonyl (C=O) groups excluding carboxylic acids is 2. The smallest absolute Gasteiger partial charge is 0.264 e. The van der Waals surface area contributed by atoms with E-state index in [-0.39, 0.29) is 30.4 Å². The number of benzene rings is 1. The maximum Gasteiger partial charge on any atom is 0.264 e. The molecule has 0 bridgehead atoms. The molecule has 3 aromatic rings. The summed E-state index contributed by atoms with van der Waals surface area (Å²) in [5.74, 6) is 0.669. The van der Waals surface area contributed by atoms with Gasteiger partial charge in [0, 0.05) is 22.5 Å². The van der Waals surface area contributed by atoms with Crippen LogP contribution in [0.3, 0.4) is 0 Å². The highest BCUT2D eigenvalue weighted by Crippen LogP contribution is 2.35. The minimum atomic E-state index is -0.179. The maximum atomic E-state index is 13.5. The molecule has 1 aliphatic heterocycles. The van der Waals surface area contributed by atoms with E-state index >= 15 is 0 Å². The van der Waals surface area contributed by atoms with Crippen molar-refractivity contribution >= 4 is 46.1 Å². The number of rotatable bonds is 7. The van der Waals surface area contributed by atoms with E-state index in [0.29, 0.717) is 23.1 Å². The monoisotopic (exact) mass is 500 g/mol. The van der Waals surface area contributed by atoms with E-state index in [9.17, 15) is 9.59 Å². The van der Waals surface area contributed by atoms with Crippen LogP contribution >= 0.6 is 34.3 Å². The molecule has 0 radical (unpaired) electrons. The van der Waals surface area contributed by atoms with Gasteiger partial charge in [0.25, 0.3) is 5.91 Å². The van der Waals surface area contributed by atoms with Gasteiger partial charge < -0.3 is 14.5 Å². The zero-order valence-electron chi connectivity index (χ0n) is 18.3. The van der Waals surface area contributed by atoms with Crippen LogP contribution in [0.4, 0.5) is 0 Å². The first kappa shape index (κ1) is 22.4. The zero-order valence-corrected chi connectivity index (χ0v) is 20.7. The molecular formula is C25H25ClN2O3S2. The second-order valence-electron chi connectivity index (χ2n) is 8.52. The minimum absolute atomic E-state index is 0.0236. The summed E-state index contributed by atoms with van der Waals surface area (Å²) in [6, 6.07) is 11.4. The van der Waals surface area contributed by atoms with Crippen LogP contribution in [-0.2, 0) is 11.2 Å². The molecule has 1 atom stereocenters. The van der Waals surface area contributed by atoms with E-state index in [1.54, 1.807) is 16.2 Å². The lowest BCUT2D eigenvalue weighted by Gasteiger charge is -2.37. The first-order chi connectivity index (χ1) is 16.0. The van der Waals surface area contributed by atoms with Crippen LogP contribution in [0.2, 0.25) is 5.02 Å². The van der Waals surface area contributed by atoms with E-state index in [2.05, 4.69) is 11.4 Å². The molecule has 2 aromatic heterocycles. The van der Waals surface area contributed by atoms with E-state index in [4.69, 9.17) is 16.3 Å². The van der Waals surface area contributed by atoms with Crippen molar-refractivity contribution in [2.24, 2.45) is 0 Å². The van der Waals surface area contributed by atoms with Crippen LogP contribution in [0.25, 0.3) is 0 Å². The Labute approximate surface area is 206 Å². The molecule has 1 unspecified atom stereocenters. The molecule has 1 fully saturated rings. The molecule has 0 N–H and O–H groups in total. The number of ether oxygens (including phenoxy) is 1. The van der Waals surface area contributed by atoms with Crippen LogP contribution in [0.1, 0.15) is 44.6 Å². The molecule has 1 saturated carbocycles. The fourth-order valence-corrected chi connectivity index (χ4v) is 6.01. The van der Waals surface area contributed by atoms with Gasteiger partial charge in [-0.25, -0.2) is 0 Å². The van der Waals surface area contributed by atoms with Crippen molar-refractivity contribution < 1.29 is 14.3 Å². The Bertz CT molecular complexity index is 1160. The highest BCUT2D eigenvalue weighted by atomic mass is 35.5. The summed E-state index contributed by atoms with van der Waals surface area (Å²) in [6.45, 7) is 3.04. The number of halogens is 1. The number of thiophene rings is 2. The van der Waals surface area contributed by atoms with Gasteiger partial charge in [-0.1, -0.05) is 17.7 Å². The molecule has 1 aliphatic carbocycles. The predicted octanol–water partition coefficient (Wildman–Crippen LogP) is 5.58.